The first-order valence-electron chi connectivity index (χ1n) is 7.74. The Morgan fingerprint density at radius 1 is 1.12 bits per heavy atom. The maximum atomic E-state index is 10.3. The minimum Gasteiger partial charge on any atom is -0.491 e. The molecule has 1 heterocycles. The first kappa shape index (κ1) is 16.8. The van der Waals surface area contributed by atoms with Gasteiger partial charge in [-0.3, -0.25) is 0 Å². The standard InChI is InChI=1S/C18H19ClN2O3/c1-12(22)18-20-16-4-2-3-5-17(16)21(18)10-14(23)11-24-15-8-6-13(19)7-9-15/h2-9,12,14,22-23H,10-11H2,1H3/t12-,14-/m1/s1. The molecule has 0 radical (unpaired) electrons. The van der Waals surface area contributed by atoms with Crippen molar-refractivity contribution in [2.45, 2.75) is 25.7 Å². The summed E-state index contributed by atoms with van der Waals surface area (Å²) in [6.07, 6.45) is -1.46. The van der Waals surface area contributed by atoms with Crippen LogP contribution in [0.4, 0.5) is 0 Å². The molecular formula is C18H19ClN2O3. The molecule has 1 aromatic heterocycles. The summed E-state index contributed by atoms with van der Waals surface area (Å²) in [4.78, 5) is 4.44. The van der Waals surface area contributed by atoms with Gasteiger partial charge in [0.25, 0.3) is 0 Å². The third kappa shape index (κ3) is 3.70. The topological polar surface area (TPSA) is 67.5 Å². The number of benzene rings is 2. The van der Waals surface area contributed by atoms with Gasteiger partial charge in [-0.05, 0) is 43.3 Å². The monoisotopic (exact) mass is 346 g/mol. The number of imidazole rings is 1. The normalized spacial score (nSPS) is 13.8. The van der Waals surface area contributed by atoms with E-state index >= 15 is 0 Å². The van der Waals surface area contributed by atoms with Crippen LogP contribution in [0.3, 0.4) is 0 Å². The number of aliphatic hydroxyl groups excluding tert-OH is 2. The van der Waals surface area contributed by atoms with E-state index in [9.17, 15) is 10.2 Å². The highest BCUT2D eigenvalue weighted by Gasteiger charge is 2.17. The van der Waals surface area contributed by atoms with E-state index in [0.717, 1.165) is 11.0 Å². The molecule has 0 aliphatic heterocycles. The Labute approximate surface area is 145 Å². The average Bonchev–Trinajstić information content (AvgIpc) is 2.93. The molecule has 5 nitrogen and oxygen atoms in total. The number of aliphatic hydroxyl groups is 2. The molecule has 3 rings (SSSR count). The first-order chi connectivity index (χ1) is 11.5. The second-order valence-corrected chi connectivity index (χ2v) is 6.10. The van der Waals surface area contributed by atoms with E-state index in [1.807, 2.05) is 28.8 Å². The number of aromatic nitrogens is 2. The highest BCUT2D eigenvalue weighted by molar-refractivity contribution is 6.30. The molecular weight excluding hydrogens is 328 g/mol. The lowest BCUT2D eigenvalue weighted by atomic mass is 10.3. The van der Waals surface area contributed by atoms with Crippen molar-refractivity contribution in [3.63, 3.8) is 0 Å². The van der Waals surface area contributed by atoms with Crippen LogP contribution in [0.5, 0.6) is 5.75 Å². The Kier molecular flexibility index (Phi) is 5.04. The fraction of sp³-hybridized carbons (Fsp3) is 0.278. The third-order valence-corrected chi connectivity index (χ3v) is 3.96. The highest BCUT2D eigenvalue weighted by Crippen LogP contribution is 2.21. The summed E-state index contributed by atoms with van der Waals surface area (Å²) in [7, 11) is 0. The molecule has 0 spiro atoms. The van der Waals surface area contributed by atoms with Gasteiger partial charge in [-0.15, -0.1) is 0 Å². The fourth-order valence-corrected chi connectivity index (χ4v) is 2.72. The summed E-state index contributed by atoms with van der Waals surface area (Å²) in [5, 5.41) is 20.9. The van der Waals surface area contributed by atoms with Gasteiger partial charge in [0, 0.05) is 5.02 Å². The van der Waals surface area contributed by atoms with E-state index in [1.165, 1.54) is 0 Å². The van der Waals surface area contributed by atoms with Crippen molar-refractivity contribution in [3.05, 3.63) is 59.4 Å². The van der Waals surface area contributed by atoms with Crippen molar-refractivity contribution in [1.82, 2.24) is 9.55 Å². The molecule has 0 unspecified atom stereocenters. The Hall–Kier alpha value is -2.08. The van der Waals surface area contributed by atoms with Crippen LogP contribution in [0, 0.1) is 0 Å². The molecule has 2 N–H and O–H groups in total. The van der Waals surface area contributed by atoms with Crippen LogP contribution in [0.1, 0.15) is 18.9 Å². The molecule has 0 fully saturated rings. The smallest absolute Gasteiger partial charge is 0.138 e. The lowest BCUT2D eigenvalue weighted by molar-refractivity contribution is 0.0895. The molecule has 24 heavy (non-hydrogen) atoms. The molecule has 2 atom stereocenters. The van der Waals surface area contributed by atoms with Gasteiger partial charge in [0.15, 0.2) is 0 Å². The summed E-state index contributed by atoms with van der Waals surface area (Å²) in [5.74, 6) is 1.17. The molecule has 3 aromatic rings. The van der Waals surface area contributed by atoms with E-state index in [4.69, 9.17) is 16.3 Å². The number of ether oxygens (including phenoxy) is 1. The second-order valence-electron chi connectivity index (χ2n) is 5.66. The number of halogens is 1. The zero-order valence-electron chi connectivity index (χ0n) is 13.3. The van der Waals surface area contributed by atoms with Crippen molar-refractivity contribution in [2.24, 2.45) is 0 Å². The number of para-hydroxylation sites is 2. The largest absolute Gasteiger partial charge is 0.491 e. The summed E-state index contributed by atoms with van der Waals surface area (Å²) >= 11 is 5.83. The average molecular weight is 347 g/mol. The molecule has 126 valence electrons. The summed E-state index contributed by atoms with van der Waals surface area (Å²) < 4.78 is 7.41. The predicted octanol–water partition coefficient (Wildman–Crippen LogP) is 3.18. The molecule has 0 aliphatic carbocycles. The molecule has 0 saturated heterocycles. The van der Waals surface area contributed by atoms with Gasteiger partial charge in [0.2, 0.25) is 0 Å². The highest BCUT2D eigenvalue weighted by atomic mass is 35.5. The fourth-order valence-electron chi connectivity index (χ4n) is 2.59. The molecule has 2 aromatic carbocycles. The van der Waals surface area contributed by atoms with Crippen molar-refractivity contribution in [3.8, 4) is 5.75 Å². The van der Waals surface area contributed by atoms with E-state index in [1.54, 1.807) is 31.2 Å². The van der Waals surface area contributed by atoms with Gasteiger partial charge in [-0.1, -0.05) is 23.7 Å². The zero-order chi connectivity index (χ0) is 17.1. The maximum absolute atomic E-state index is 10.3. The Morgan fingerprint density at radius 3 is 2.54 bits per heavy atom. The van der Waals surface area contributed by atoms with Crippen LogP contribution in [0.2, 0.25) is 5.02 Å². The SMILES string of the molecule is C[C@@H](O)c1nc2ccccc2n1C[C@@H](O)COc1ccc(Cl)cc1. The zero-order valence-corrected chi connectivity index (χ0v) is 14.0. The quantitative estimate of drug-likeness (QED) is 0.719. The molecule has 0 amide bonds. The lowest BCUT2D eigenvalue weighted by Crippen LogP contribution is -2.25. The summed E-state index contributed by atoms with van der Waals surface area (Å²) in [6, 6.07) is 14.6. The summed E-state index contributed by atoms with van der Waals surface area (Å²) in [5.41, 5.74) is 1.66. The van der Waals surface area contributed by atoms with Gasteiger partial charge in [-0.25, -0.2) is 4.98 Å². The van der Waals surface area contributed by atoms with Gasteiger partial charge in [-0.2, -0.15) is 0 Å². The number of nitrogens with zero attached hydrogens (tertiary/aromatic N) is 2. The van der Waals surface area contributed by atoms with E-state index in [2.05, 4.69) is 4.98 Å². The maximum Gasteiger partial charge on any atom is 0.138 e. The number of hydrogen-bond acceptors (Lipinski definition) is 4. The van der Waals surface area contributed by atoms with Crippen LogP contribution < -0.4 is 4.74 Å². The van der Waals surface area contributed by atoms with Crippen LogP contribution in [-0.4, -0.2) is 32.5 Å². The van der Waals surface area contributed by atoms with Crippen LogP contribution in [-0.2, 0) is 6.54 Å². The third-order valence-electron chi connectivity index (χ3n) is 3.71. The number of hydrogen-bond donors (Lipinski definition) is 2. The lowest BCUT2D eigenvalue weighted by Gasteiger charge is -2.16. The molecule has 6 heteroatoms. The first-order valence-corrected chi connectivity index (χ1v) is 8.12. The number of fused-ring (bicyclic) bond motifs is 1. The van der Waals surface area contributed by atoms with Crippen molar-refractivity contribution >= 4 is 22.6 Å². The van der Waals surface area contributed by atoms with Crippen LogP contribution in [0.15, 0.2) is 48.5 Å². The molecule has 0 saturated carbocycles. The van der Waals surface area contributed by atoms with Gasteiger partial charge in [0.05, 0.1) is 17.6 Å². The van der Waals surface area contributed by atoms with Gasteiger partial charge < -0.3 is 19.5 Å². The van der Waals surface area contributed by atoms with Crippen LogP contribution >= 0.6 is 11.6 Å². The van der Waals surface area contributed by atoms with Gasteiger partial charge in [0.1, 0.15) is 30.4 Å². The van der Waals surface area contributed by atoms with E-state index in [0.29, 0.717) is 16.6 Å². The minimum atomic E-state index is -0.740. The van der Waals surface area contributed by atoms with E-state index < -0.39 is 12.2 Å². The van der Waals surface area contributed by atoms with Crippen molar-refractivity contribution in [1.29, 1.82) is 0 Å². The molecule has 0 bridgehead atoms. The van der Waals surface area contributed by atoms with Crippen molar-refractivity contribution < 1.29 is 14.9 Å². The molecule has 0 aliphatic rings. The predicted molar refractivity (Wildman–Crippen MR) is 93.3 cm³/mol. The van der Waals surface area contributed by atoms with Gasteiger partial charge >= 0.3 is 0 Å². The second kappa shape index (κ2) is 7.21. The Bertz CT molecular complexity index is 815. The number of rotatable bonds is 6. The minimum absolute atomic E-state index is 0.132. The Balaban J connectivity index is 1.73. The van der Waals surface area contributed by atoms with Crippen LogP contribution in [0.25, 0.3) is 11.0 Å². The van der Waals surface area contributed by atoms with E-state index in [-0.39, 0.29) is 13.2 Å². The van der Waals surface area contributed by atoms with Crippen molar-refractivity contribution in [2.75, 3.05) is 6.61 Å². The Morgan fingerprint density at radius 2 is 1.83 bits per heavy atom. The summed E-state index contributed by atoms with van der Waals surface area (Å²) in [6.45, 7) is 2.08.